The molecule has 0 bridgehead atoms. The number of ketones is 1. The van der Waals surface area contributed by atoms with Crippen LogP contribution in [-0.2, 0) is 14.3 Å². The van der Waals surface area contributed by atoms with Crippen molar-refractivity contribution >= 4 is 5.78 Å². The molecule has 0 amide bonds. The molecular formula is C27H43NO3. The van der Waals surface area contributed by atoms with Crippen molar-refractivity contribution in [3.8, 4) is 0 Å². The van der Waals surface area contributed by atoms with Gasteiger partial charge in [0.1, 0.15) is 5.78 Å². The fourth-order valence-corrected chi connectivity index (χ4v) is 9.98. The summed E-state index contributed by atoms with van der Waals surface area (Å²) in [5.41, 5.74) is 6.44. The summed E-state index contributed by atoms with van der Waals surface area (Å²) in [6.07, 6.45) is 10.3. The van der Waals surface area contributed by atoms with Gasteiger partial charge in [0.15, 0.2) is 5.79 Å². The molecule has 0 aromatic heterocycles. The Bertz CT molecular complexity index is 760. The molecule has 2 aliphatic heterocycles. The highest BCUT2D eigenvalue weighted by Gasteiger charge is 2.71. The minimum Gasteiger partial charge on any atom is -0.349 e. The van der Waals surface area contributed by atoms with Crippen molar-refractivity contribution in [3.05, 3.63) is 0 Å². The van der Waals surface area contributed by atoms with Crippen LogP contribution in [0.25, 0.3) is 0 Å². The number of rotatable bonds is 0. The van der Waals surface area contributed by atoms with Crippen LogP contribution in [0.5, 0.6) is 0 Å². The maximum atomic E-state index is 14.0. The molecule has 2 heterocycles. The first kappa shape index (κ1) is 21.1. The molecule has 12 atom stereocenters. The van der Waals surface area contributed by atoms with E-state index in [2.05, 4.69) is 27.7 Å². The molecule has 0 aromatic carbocycles. The van der Waals surface area contributed by atoms with Gasteiger partial charge in [0.25, 0.3) is 0 Å². The normalized spacial score (nSPS) is 60.9. The van der Waals surface area contributed by atoms with E-state index in [0.29, 0.717) is 58.7 Å². The summed E-state index contributed by atoms with van der Waals surface area (Å²) in [6.45, 7) is 10.2. The zero-order chi connectivity index (χ0) is 21.8. The van der Waals surface area contributed by atoms with Crippen LogP contribution < -0.4 is 5.73 Å². The van der Waals surface area contributed by atoms with Crippen molar-refractivity contribution in [2.45, 2.75) is 103 Å². The van der Waals surface area contributed by atoms with Crippen molar-refractivity contribution in [1.29, 1.82) is 0 Å². The monoisotopic (exact) mass is 429 g/mol. The summed E-state index contributed by atoms with van der Waals surface area (Å²) in [5.74, 6) is 3.79. The van der Waals surface area contributed by atoms with E-state index in [1.54, 1.807) is 0 Å². The molecule has 5 unspecified atom stereocenters. The van der Waals surface area contributed by atoms with Crippen LogP contribution in [0.2, 0.25) is 0 Å². The molecule has 6 aliphatic rings. The number of carbonyl (C=O) groups is 1. The van der Waals surface area contributed by atoms with Gasteiger partial charge in [0.05, 0.1) is 12.7 Å². The maximum absolute atomic E-state index is 14.0. The third-order valence-corrected chi connectivity index (χ3v) is 11.8. The Hall–Kier alpha value is -0.450. The van der Waals surface area contributed by atoms with Crippen molar-refractivity contribution in [2.75, 3.05) is 6.61 Å². The Morgan fingerprint density at radius 1 is 1.00 bits per heavy atom. The highest BCUT2D eigenvalue weighted by molar-refractivity contribution is 5.87. The van der Waals surface area contributed by atoms with Gasteiger partial charge in [-0.05, 0) is 80.0 Å². The lowest BCUT2D eigenvalue weighted by Crippen LogP contribution is -2.58. The molecular weight excluding hydrogens is 386 g/mol. The first-order valence-electron chi connectivity index (χ1n) is 13.3. The zero-order valence-corrected chi connectivity index (χ0v) is 20.1. The van der Waals surface area contributed by atoms with E-state index >= 15 is 0 Å². The van der Waals surface area contributed by atoms with E-state index in [0.717, 1.165) is 32.3 Å². The molecule has 174 valence electrons. The van der Waals surface area contributed by atoms with Crippen LogP contribution in [0, 0.1) is 52.3 Å². The average Bonchev–Trinajstić information content (AvgIpc) is 3.18. The Balaban J connectivity index is 1.30. The lowest BCUT2D eigenvalue weighted by atomic mass is 9.44. The number of hydrogen-bond donors (Lipinski definition) is 1. The lowest BCUT2D eigenvalue weighted by Gasteiger charge is -2.60. The molecule has 2 N–H and O–H groups in total. The molecule has 4 heteroatoms. The molecule has 4 saturated carbocycles. The number of fused-ring (bicyclic) bond motifs is 7. The van der Waals surface area contributed by atoms with Crippen LogP contribution in [0.3, 0.4) is 0 Å². The fourth-order valence-electron chi connectivity index (χ4n) is 9.98. The van der Waals surface area contributed by atoms with Crippen LogP contribution in [0.4, 0.5) is 0 Å². The number of nitrogens with two attached hydrogens (primary N) is 1. The first-order chi connectivity index (χ1) is 14.7. The van der Waals surface area contributed by atoms with Gasteiger partial charge in [0.2, 0.25) is 0 Å². The summed E-state index contributed by atoms with van der Waals surface area (Å²) < 4.78 is 13.2. The van der Waals surface area contributed by atoms with Crippen molar-refractivity contribution in [1.82, 2.24) is 0 Å². The van der Waals surface area contributed by atoms with Gasteiger partial charge < -0.3 is 15.2 Å². The molecule has 6 rings (SSSR count). The van der Waals surface area contributed by atoms with Gasteiger partial charge in [-0.3, -0.25) is 4.79 Å². The van der Waals surface area contributed by atoms with Gasteiger partial charge in [-0.2, -0.15) is 0 Å². The first-order valence-corrected chi connectivity index (χ1v) is 13.3. The van der Waals surface area contributed by atoms with Gasteiger partial charge in [0, 0.05) is 36.1 Å². The van der Waals surface area contributed by atoms with Gasteiger partial charge in [-0.1, -0.05) is 27.7 Å². The topological polar surface area (TPSA) is 61.6 Å². The van der Waals surface area contributed by atoms with E-state index in [9.17, 15) is 4.79 Å². The van der Waals surface area contributed by atoms with Gasteiger partial charge >= 0.3 is 0 Å². The summed E-state index contributed by atoms with van der Waals surface area (Å²) in [6, 6.07) is 0.369. The smallest absolute Gasteiger partial charge is 0.171 e. The Labute approximate surface area is 188 Å². The molecule has 31 heavy (non-hydrogen) atoms. The predicted octanol–water partition coefficient (Wildman–Crippen LogP) is 4.94. The van der Waals surface area contributed by atoms with E-state index in [-0.39, 0.29) is 11.5 Å². The predicted molar refractivity (Wildman–Crippen MR) is 120 cm³/mol. The molecule has 1 spiro atoms. The van der Waals surface area contributed by atoms with Crippen LogP contribution in [0.15, 0.2) is 0 Å². The van der Waals surface area contributed by atoms with E-state index < -0.39 is 5.79 Å². The molecule has 0 aromatic rings. The number of carbonyl (C=O) groups excluding carboxylic acids is 1. The van der Waals surface area contributed by atoms with Crippen molar-refractivity contribution in [3.63, 3.8) is 0 Å². The Morgan fingerprint density at radius 3 is 2.55 bits per heavy atom. The van der Waals surface area contributed by atoms with Gasteiger partial charge in [-0.25, -0.2) is 0 Å². The molecule has 2 saturated heterocycles. The summed E-state index contributed by atoms with van der Waals surface area (Å²) in [7, 11) is 0. The molecule has 0 radical (unpaired) electrons. The van der Waals surface area contributed by atoms with Crippen molar-refractivity contribution < 1.29 is 14.3 Å². The minimum absolute atomic E-state index is 0.200. The van der Waals surface area contributed by atoms with Crippen LogP contribution in [0.1, 0.15) is 85.5 Å². The molecule has 4 aliphatic carbocycles. The SMILES string of the molecule is C[C@@H]1CC[C@@]2(OC1)OC1CC3C4CC[C@H]5C[C@@H](N)CC[C@]5(C)C4CC(=O)[C@]3(C)C1[C@@H]2C. The number of ether oxygens (including phenoxy) is 2. The fraction of sp³-hybridized carbons (Fsp3) is 0.963. The summed E-state index contributed by atoms with van der Waals surface area (Å²) >= 11 is 0. The third-order valence-electron chi connectivity index (χ3n) is 11.8. The van der Waals surface area contributed by atoms with Crippen LogP contribution >= 0.6 is 0 Å². The Kier molecular flexibility index (Phi) is 4.62. The summed E-state index contributed by atoms with van der Waals surface area (Å²) in [5, 5.41) is 0. The molecule has 6 fully saturated rings. The average molecular weight is 430 g/mol. The molecule has 4 nitrogen and oxygen atoms in total. The zero-order valence-electron chi connectivity index (χ0n) is 20.1. The van der Waals surface area contributed by atoms with Gasteiger partial charge in [-0.15, -0.1) is 0 Å². The number of Topliss-reactive ketones (excluding diaryl/α,β-unsaturated/α-hetero) is 1. The van der Waals surface area contributed by atoms with E-state index in [4.69, 9.17) is 15.2 Å². The third kappa shape index (κ3) is 2.68. The largest absolute Gasteiger partial charge is 0.349 e. The minimum atomic E-state index is -0.434. The maximum Gasteiger partial charge on any atom is 0.171 e. The Morgan fingerprint density at radius 2 is 1.81 bits per heavy atom. The van der Waals surface area contributed by atoms with E-state index in [1.165, 1.54) is 32.1 Å². The number of hydrogen-bond acceptors (Lipinski definition) is 4. The second kappa shape index (κ2) is 6.79. The summed E-state index contributed by atoms with van der Waals surface area (Å²) in [4.78, 5) is 14.0. The van der Waals surface area contributed by atoms with Crippen molar-refractivity contribution in [2.24, 2.45) is 58.0 Å². The van der Waals surface area contributed by atoms with Crippen LogP contribution in [-0.4, -0.2) is 30.3 Å². The lowest BCUT2D eigenvalue weighted by molar-refractivity contribution is -0.272. The second-order valence-electron chi connectivity index (χ2n) is 13.1. The quantitative estimate of drug-likeness (QED) is 0.592. The second-order valence-corrected chi connectivity index (χ2v) is 13.1. The highest BCUT2D eigenvalue weighted by atomic mass is 16.7. The highest BCUT2D eigenvalue weighted by Crippen LogP contribution is 2.70. The van der Waals surface area contributed by atoms with E-state index in [1.807, 2.05) is 0 Å². The standard InChI is InChI=1S/C27H43NO3/c1-15-7-10-27(30-14-15)16(2)24-22(31-27)12-21-19-6-5-17-11-18(28)8-9-25(17,3)20(19)13-23(29)26(21,24)4/h15-22,24H,5-14,28H2,1-4H3/t15-,16+,17+,18+,19?,20?,21?,22?,24?,25+,26-,27-/m1/s1.